The molecule has 45 heavy (non-hydrogen) atoms. The first kappa shape index (κ1) is 37.0. The first-order valence-electron chi connectivity index (χ1n) is 14.1. The third-order valence-electron chi connectivity index (χ3n) is 8.17. The molecule has 4 aliphatic rings. The fraction of sp³-hybridized carbons (Fsp3) is 1.00. The Kier molecular flexibility index (Phi) is 12.8. The molecule has 0 bridgehead atoms. The van der Waals surface area contributed by atoms with Gasteiger partial charge in [0.15, 0.2) is 18.9 Å². The lowest BCUT2D eigenvalue weighted by Crippen LogP contribution is -2.67. The topological polar surface area (TPSA) is 351 Å². The molecule has 0 aromatic rings. The Morgan fingerprint density at radius 1 is 0.422 bits per heavy atom. The molecule has 4 aliphatic heterocycles. The van der Waals surface area contributed by atoms with Crippen LogP contribution >= 0.6 is 0 Å². The molecule has 0 aromatic carbocycles. The fourth-order valence-electron chi connectivity index (χ4n) is 5.42. The largest absolute Gasteiger partial charge is 0.829 e. The molecule has 13 N–H and O–H groups in total. The number of aliphatic hydroxyl groups excluding tert-OH is 13. The van der Waals surface area contributed by atoms with Crippen molar-refractivity contribution < 1.29 is 105 Å². The van der Waals surface area contributed by atoms with E-state index in [0.29, 0.717) is 0 Å². The van der Waals surface area contributed by atoms with E-state index in [1.807, 2.05) is 0 Å². The normalized spacial score (nSPS) is 52.9. The number of hydrogen-bond acceptors (Lipinski definition) is 21. The third-order valence-corrected chi connectivity index (χ3v) is 8.17. The van der Waals surface area contributed by atoms with Gasteiger partial charge in [0.1, 0.15) is 91.6 Å². The first-order valence-corrected chi connectivity index (χ1v) is 14.1. The molecule has 0 aliphatic carbocycles. The number of rotatable bonds is 10. The zero-order valence-corrected chi connectivity index (χ0v) is 23.5. The summed E-state index contributed by atoms with van der Waals surface area (Å²) in [6, 6.07) is 0. The smallest absolute Gasteiger partial charge is 0.187 e. The van der Waals surface area contributed by atoms with E-state index in [0.717, 1.165) is 0 Å². The number of ether oxygens (including phenoxy) is 7. The fourth-order valence-corrected chi connectivity index (χ4v) is 5.42. The Morgan fingerprint density at radius 2 is 0.822 bits per heavy atom. The summed E-state index contributed by atoms with van der Waals surface area (Å²) in [5.74, 6) is 0. The van der Waals surface area contributed by atoms with Crippen LogP contribution < -0.4 is 5.11 Å². The molecule has 21 nitrogen and oxygen atoms in total. The highest BCUT2D eigenvalue weighted by atomic mass is 16.8. The van der Waals surface area contributed by atoms with Crippen LogP contribution in [0.2, 0.25) is 0 Å². The van der Waals surface area contributed by atoms with E-state index >= 15 is 0 Å². The molecule has 264 valence electrons. The predicted octanol–water partition coefficient (Wildman–Crippen LogP) is -10.4. The van der Waals surface area contributed by atoms with Gasteiger partial charge in [-0.1, -0.05) is 0 Å². The van der Waals surface area contributed by atoms with Gasteiger partial charge in [-0.25, -0.2) is 0 Å². The van der Waals surface area contributed by atoms with Crippen molar-refractivity contribution in [3.63, 3.8) is 0 Å². The van der Waals surface area contributed by atoms with E-state index in [2.05, 4.69) is 0 Å². The van der Waals surface area contributed by atoms with Gasteiger partial charge in [0.25, 0.3) is 0 Å². The minimum absolute atomic E-state index is 0.687. The van der Waals surface area contributed by atoms with Gasteiger partial charge in [-0.15, -0.1) is 0 Å². The molecule has 0 radical (unpaired) electrons. The molecule has 21 heteroatoms. The molecule has 0 aromatic heterocycles. The maximum atomic E-state index is 11.7. The van der Waals surface area contributed by atoms with Crippen LogP contribution in [0.15, 0.2) is 0 Å². The van der Waals surface area contributed by atoms with E-state index in [1.54, 1.807) is 0 Å². The number of aliphatic hydroxyl groups is 13. The van der Waals surface area contributed by atoms with Crippen molar-refractivity contribution in [2.75, 3.05) is 26.4 Å². The highest BCUT2D eigenvalue weighted by Gasteiger charge is 2.53. The van der Waals surface area contributed by atoms with Crippen LogP contribution in [-0.4, -0.2) is 216 Å². The van der Waals surface area contributed by atoms with Gasteiger partial charge in [-0.05, 0) is 0 Å². The summed E-state index contributed by atoms with van der Waals surface area (Å²) in [6.45, 7) is -3.19. The molecule has 4 saturated heterocycles. The predicted molar refractivity (Wildman–Crippen MR) is 132 cm³/mol. The summed E-state index contributed by atoms with van der Waals surface area (Å²) in [5.41, 5.74) is 0. The maximum absolute atomic E-state index is 11.7. The SMILES string of the molecule is [O-]C1O[C@H](CO)[C@@H](O[C@H]2O[C@H](CO)[C@@H](O[C@H]3O[C@H](CO[C@H]4O[C@H](CO)[C@@H](O)[C@H](O)[C@H]4O)[C@@H](O)[C@H](O)[C@H]3O)[C@H](O)[C@H]2O)[C@H](O)[C@H]1O. The van der Waals surface area contributed by atoms with Gasteiger partial charge in [-0.2, -0.15) is 0 Å². The van der Waals surface area contributed by atoms with Crippen molar-refractivity contribution in [2.45, 2.75) is 123 Å². The van der Waals surface area contributed by atoms with Crippen molar-refractivity contribution in [1.82, 2.24) is 0 Å². The molecule has 4 heterocycles. The number of hydrogen-bond donors (Lipinski definition) is 13. The van der Waals surface area contributed by atoms with Gasteiger partial charge in [0.05, 0.1) is 32.5 Å². The highest BCUT2D eigenvalue weighted by molar-refractivity contribution is 4.96. The maximum Gasteiger partial charge on any atom is 0.187 e. The molecule has 1 unspecified atom stereocenters. The van der Waals surface area contributed by atoms with Gasteiger partial charge in [0, 0.05) is 6.29 Å². The molecule has 4 rings (SSSR count). The van der Waals surface area contributed by atoms with Crippen LogP contribution in [0.1, 0.15) is 0 Å². The van der Waals surface area contributed by atoms with Crippen LogP contribution in [0.3, 0.4) is 0 Å². The minimum atomic E-state index is -2.12. The second-order valence-electron chi connectivity index (χ2n) is 11.2. The summed E-state index contributed by atoms with van der Waals surface area (Å²) in [5, 5.41) is 144. The van der Waals surface area contributed by atoms with Gasteiger partial charge in [-0.3, -0.25) is 0 Å². The summed E-state index contributed by atoms with van der Waals surface area (Å²) in [6.07, 6.45) is -35.6. The Balaban J connectivity index is 1.41. The van der Waals surface area contributed by atoms with Crippen LogP contribution in [0.5, 0.6) is 0 Å². The van der Waals surface area contributed by atoms with Crippen molar-refractivity contribution >= 4 is 0 Å². The Hall–Kier alpha value is -0.840. The summed E-state index contributed by atoms with van der Waals surface area (Å²) in [4.78, 5) is 0. The summed E-state index contributed by atoms with van der Waals surface area (Å²) < 4.78 is 37.4. The van der Waals surface area contributed by atoms with Crippen LogP contribution in [0, 0.1) is 0 Å². The second kappa shape index (κ2) is 15.6. The van der Waals surface area contributed by atoms with E-state index in [1.165, 1.54) is 0 Å². The molecular weight excluding hydrogens is 624 g/mol. The molecule has 20 atom stereocenters. The Bertz CT molecular complexity index is 912. The van der Waals surface area contributed by atoms with Gasteiger partial charge in [0.2, 0.25) is 0 Å². The lowest BCUT2D eigenvalue weighted by molar-refractivity contribution is -0.535. The summed E-state index contributed by atoms with van der Waals surface area (Å²) in [7, 11) is 0. The van der Waals surface area contributed by atoms with E-state index in [9.17, 15) is 71.5 Å². The second-order valence-corrected chi connectivity index (χ2v) is 11.2. The average Bonchev–Trinajstić information content (AvgIpc) is 3.03. The van der Waals surface area contributed by atoms with Crippen molar-refractivity contribution in [2.24, 2.45) is 0 Å². The lowest BCUT2D eigenvalue weighted by atomic mass is 9.96. The van der Waals surface area contributed by atoms with Crippen LogP contribution in [-0.2, 0) is 33.2 Å². The van der Waals surface area contributed by atoms with E-state index in [-0.39, 0.29) is 0 Å². The summed E-state index contributed by atoms with van der Waals surface area (Å²) >= 11 is 0. The monoisotopic (exact) mass is 665 g/mol. The zero-order valence-electron chi connectivity index (χ0n) is 23.5. The van der Waals surface area contributed by atoms with Gasteiger partial charge < -0.3 is 105 Å². The van der Waals surface area contributed by atoms with Crippen molar-refractivity contribution in [3.05, 3.63) is 0 Å². The minimum Gasteiger partial charge on any atom is -0.829 e. The molecule has 0 spiro atoms. The molecule has 0 saturated carbocycles. The van der Waals surface area contributed by atoms with Crippen LogP contribution in [0.25, 0.3) is 0 Å². The standard InChI is InChI=1S/C24H41O21/c25-1-5-9(28)11(30)16(35)22(41-5)39-4-8-10(29)12(31)17(36)23(43-8)45-20-7(3-27)42-24(18(37)14(20)33)44-19-6(2-26)40-21(38)15(34)13(19)32/h5-37H,1-4H2/q-1/t5-,6-,7-,8-,9-,10-,11+,12+,13-,14-,15-,16-,17-,18-,19-,20-,21?,22+,23-,24-/m1/s1. The molecular formula is C24H41O21-. The van der Waals surface area contributed by atoms with Gasteiger partial charge >= 0.3 is 0 Å². The van der Waals surface area contributed by atoms with Crippen molar-refractivity contribution in [1.29, 1.82) is 0 Å². The van der Waals surface area contributed by atoms with E-state index < -0.39 is 149 Å². The quantitative estimate of drug-likeness (QED) is 0.103. The third kappa shape index (κ3) is 7.59. The average molecular weight is 666 g/mol. The Labute approximate surface area is 254 Å². The lowest BCUT2D eigenvalue weighted by Gasteiger charge is -2.49. The first-order chi connectivity index (χ1) is 21.2. The molecule has 4 fully saturated rings. The Morgan fingerprint density at radius 3 is 1.36 bits per heavy atom. The zero-order chi connectivity index (χ0) is 33.3. The van der Waals surface area contributed by atoms with Crippen LogP contribution in [0.4, 0.5) is 0 Å². The van der Waals surface area contributed by atoms with Crippen molar-refractivity contribution in [3.8, 4) is 0 Å². The highest BCUT2D eigenvalue weighted by Crippen LogP contribution is 2.32. The molecule has 0 amide bonds. The van der Waals surface area contributed by atoms with E-state index in [4.69, 9.17) is 33.2 Å².